The number of aromatic nitrogens is 3. The number of anilines is 1. The molecule has 1 fully saturated rings. The molecule has 0 radical (unpaired) electrons. The van der Waals surface area contributed by atoms with Crippen LogP contribution in [0.15, 0.2) is 42.7 Å². The van der Waals surface area contributed by atoms with Gasteiger partial charge in [0, 0.05) is 23.8 Å². The molecular weight excluding hydrogens is 332 g/mol. The Bertz CT molecular complexity index is 945. The molecule has 0 amide bonds. The molecule has 7 heteroatoms. The third kappa shape index (κ3) is 3.25. The Morgan fingerprint density at radius 1 is 1.15 bits per heavy atom. The van der Waals surface area contributed by atoms with Crippen molar-refractivity contribution < 1.29 is 15.0 Å². The van der Waals surface area contributed by atoms with Crippen molar-refractivity contribution >= 4 is 22.8 Å². The van der Waals surface area contributed by atoms with Crippen LogP contribution in [0.3, 0.4) is 0 Å². The maximum Gasteiger partial charge on any atom is 0.335 e. The topological polar surface area (TPSA) is 100 Å². The predicted octanol–water partition coefficient (Wildman–Crippen LogP) is 2.83. The summed E-state index contributed by atoms with van der Waals surface area (Å²) in [5.41, 5.74) is 1.15. The van der Waals surface area contributed by atoms with Crippen LogP contribution in [0.4, 0.5) is 5.95 Å². The van der Waals surface area contributed by atoms with Crippen molar-refractivity contribution in [3.05, 3.63) is 48.3 Å². The maximum atomic E-state index is 11.1. The molecule has 3 N–H and O–H groups in total. The molecule has 1 aromatic carbocycles. The summed E-state index contributed by atoms with van der Waals surface area (Å²) in [7, 11) is 0. The van der Waals surface area contributed by atoms with Crippen LogP contribution in [0.2, 0.25) is 0 Å². The van der Waals surface area contributed by atoms with E-state index in [1.807, 2.05) is 22.9 Å². The van der Waals surface area contributed by atoms with E-state index in [0.29, 0.717) is 5.95 Å². The van der Waals surface area contributed by atoms with Crippen LogP contribution in [-0.4, -0.2) is 42.9 Å². The number of nitrogens with zero attached hydrogens (tertiary/aromatic N) is 3. The normalized spacial score (nSPS) is 20.2. The number of aliphatic hydroxyl groups excluding tert-OH is 1. The van der Waals surface area contributed by atoms with E-state index in [4.69, 9.17) is 5.11 Å². The Morgan fingerprint density at radius 3 is 2.73 bits per heavy atom. The summed E-state index contributed by atoms with van der Waals surface area (Å²) in [6.07, 6.45) is 6.79. The molecule has 0 saturated heterocycles. The van der Waals surface area contributed by atoms with Crippen molar-refractivity contribution in [1.82, 2.24) is 14.5 Å². The number of carboxylic acid groups (broad SMARTS) is 1. The van der Waals surface area contributed by atoms with E-state index < -0.39 is 5.97 Å². The summed E-state index contributed by atoms with van der Waals surface area (Å²) < 4.78 is 1.92. The lowest BCUT2D eigenvalue weighted by molar-refractivity contribution is 0.0697. The van der Waals surface area contributed by atoms with Crippen molar-refractivity contribution in [3.8, 4) is 5.82 Å². The number of rotatable bonds is 4. The van der Waals surface area contributed by atoms with Crippen LogP contribution in [0.1, 0.15) is 36.0 Å². The Hall–Kier alpha value is -2.93. The van der Waals surface area contributed by atoms with Gasteiger partial charge in [-0.1, -0.05) is 0 Å². The minimum Gasteiger partial charge on any atom is -0.478 e. The zero-order valence-corrected chi connectivity index (χ0v) is 14.2. The number of fused-ring (bicyclic) bond motifs is 1. The molecule has 0 unspecified atom stereocenters. The van der Waals surface area contributed by atoms with Crippen LogP contribution in [0.25, 0.3) is 16.7 Å². The molecule has 26 heavy (non-hydrogen) atoms. The summed E-state index contributed by atoms with van der Waals surface area (Å²) >= 11 is 0. The monoisotopic (exact) mass is 352 g/mol. The predicted molar refractivity (Wildman–Crippen MR) is 97.7 cm³/mol. The molecule has 7 nitrogen and oxygen atoms in total. The highest BCUT2D eigenvalue weighted by Crippen LogP contribution is 2.23. The van der Waals surface area contributed by atoms with Crippen LogP contribution >= 0.6 is 0 Å². The van der Waals surface area contributed by atoms with E-state index in [2.05, 4.69) is 15.3 Å². The Balaban J connectivity index is 1.60. The summed E-state index contributed by atoms with van der Waals surface area (Å²) in [6.45, 7) is 0. The van der Waals surface area contributed by atoms with Gasteiger partial charge in [-0.05, 0) is 56.0 Å². The lowest BCUT2D eigenvalue weighted by atomic mass is 9.93. The van der Waals surface area contributed by atoms with Crippen molar-refractivity contribution in [2.45, 2.75) is 37.8 Å². The second-order valence-corrected chi connectivity index (χ2v) is 6.65. The van der Waals surface area contributed by atoms with E-state index in [-0.39, 0.29) is 17.7 Å². The van der Waals surface area contributed by atoms with Crippen molar-refractivity contribution in [2.24, 2.45) is 0 Å². The lowest BCUT2D eigenvalue weighted by Crippen LogP contribution is -2.29. The maximum absolute atomic E-state index is 11.1. The number of hydrogen-bond acceptors (Lipinski definition) is 5. The molecule has 3 aromatic rings. The van der Waals surface area contributed by atoms with E-state index in [1.165, 1.54) is 0 Å². The van der Waals surface area contributed by atoms with Crippen LogP contribution < -0.4 is 5.32 Å². The minimum atomic E-state index is -0.939. The fourth-order valence-electron chi connectivity index (χ4n) is 3.43. The lowest BCUT2D eigenvalue weighted by Gasteiger charge is -2.26. The molecular formula is C19H20N4O3. The first kappa shape index (κ1) is 16.5. The Kier molecular flexibility index (Phi) is 4.30. The van der Waals surface area contributed by atoms with Crippen molar-refractivity contribution in [3.63, 3.8) is 0 Å². The average molecular weight is 352 g/mol. The Morgan fingerprint density at radius 2 is 1.96 bits per heavy atom. The summed E-state index contributed by atoms with van der Waals surface area (Å²) in [6, 6.07) is 9.00. The average Bonchev–Trinajstić information content (AvgIpc) is 3.07. The van der Waals surface area contributed by atoms with Gasteiger partial charge < -0.3 is 20.1 Å². The Labute approximate surface area is 150 Å². The molecule has 4 rings (SSSR count). The number of aromatic carboxylic acids is 1. The van der Waals surface area contributed by atoms with Crippen LogP contribution in [0, 0.1) is 0 Å². The summed E-state index contributed by atoms with van der Waals surface area (Å²) in [4.78, 5) is 20.0. The highest BCUT2D eigenvalue weighted by molar-refractivity contribution is 5.94. The van der Waals surface area contributed by atoms with E-state index in [0.717, 1.165) is 42.4 Å². The molecule has 1 saturated carbocycles. The zero-order chi connectivity index (χ0) is 18.1. The largest absolute Gasteiger partial charge is 0.478 e. The summed E-state index contributed by atoms with van der Waals surface area (Å²) in [5.74, 6) is 0.343. The van der Waals surface area contributed by atoms with Gasteiger partial charge in [0.25, 0.3) is 0 Å². The number of aliphatic hydroxyl groups is 1. The molecule has 0 bridgehead atoms. The second-order valence-electron chi connectivity index (χ2n) is 6.65. The number of carbonyl (C=O) groups is 1. The minimum absolute atomic E-state index is 0.192. The zero-order valence-electron chi connectivity index (χ0n) is 14.2. The molecule has 2 aromatic heterocycles. The van der Waals surface area contributed by atoms with Gasteiger partial charge in [0.2, 0.25) is 5.95 Å². The molecule has 1 aliphatic rings. The number of hydrogen-bond donors (Lipinski definition) is 3. The van der Waals surface area contributed by atoms with Crippen LogP contribution in [-0.2, 0) is 0 Å². The fraction of sp³-hybridized carbons (Fsp3) is 0.316. The third-order valence-corrected chi connectivity index (χ3v) is 4.85. The molecule has 0 atom stereocenters. The highest BCUT2D eigenvalue weighted by atomic mass is 16.4. The first-order chi connectivity index (χ1) is 12.6. The van der Waals surface area contributed by atoms with Crippen LogP contribution in [0.5, 0.6) is 0 Å². The first-order valence-corrected chi connectivity index (χ1v) is 8.72. The number of benzene rings is 1. The fourth-order valence-corrected chi connectivity index (χ4v) is 3.43. The van der Waals surface area contributed by atoms with E-state index in [9.17, 15) is 9.90 Å². The van der Waals surface area contributed by atoms with Gasteiger partial charge in [-0.3, -0.25) is 0 Å². The van der Waals surface area contributed by atoms with Crippen molar-refractivity contribution in [1.29, 1.82) is 0 Å². The number of nitrogens with one attached hydrogen (secondary N) is 1. The van der Waals surface area contributed by atoms with Gasteiger partial charge in [0.15, 0.2) is 0 Å². The molecule has 134 valence electrons. The standard InChI is InChI=1S/C19H20N4O3/c24-15-4-2-14(3-5-15)21-19-20-9-7-17(22-19)23-10-8-12-11-13(18(25)26)1-6-16(12)23/h1,6-11,14-15,24H,2-5H2,(H,25,26)(H,20,21,22). The molecule has 0 aliphatic heterocycles. The smallest absolute Gasteiger partial charge is 0.335 e. The second kappa shape index (κ2) is 6.76. The third-order valence-electron chi connectivity index (χ3n) is 4.85. The molecule has 2 heterocycles. The highest BCUT2D eigenvalue weighted by Gasteiger charge is 2.20. The van der Waals surface area contributed by atoms with E-state index in [1.54, 1.807) is 24.4 Å². The SMILES string of the molecule is O=C(O)c1ccc2c(ccn2-c2ccnc(NC3CCC(O)CC3)n2)c1. The van der Waals surface area contributed by atoms with Crippen molar-refractivity contribution in [2.75, 3.05) is 5.32 Å². The van der Waals surface area contributed by atoms with Gasteiger partial charge in [-0.2, -0.15) is 4.98 Å². The molecule has 0 spiro atoms. The van der Waals surface area contributed by atoms with Gasteiger partial charge >= 0.3 is 5.97 Å². The van der Waals surface area contributed by atoms with Gasteiger partial charge in [-0.25, -0.2) is 9.78 Å². The van der Waals surface area contributed by atoms with Gasteiger partial charge in [0.1, 0.15) is 5.82 Å². The van der Waals surface area contributed by atoms with Gasteiger partial charge in [-0.15, -0.1) is 0 Å². The first-order valence-electron chi connectivity index (χ1n) is 8.72. The molecule has 1 aliphatic carbocycles. The van der Waals surface area contributed by atoms with Gasteiger partial charge in [0.05, 0.1) is 17.2 Å². The summed E-state index contributed by atoms with van der Waals surface area (Å²) in [5, 5.41) is 22.9. The number of carboxylic acids is 1. The van der Waals surface area contributed by atoms with E-state index >= 15 is 0 Å². The quantitative estimate of drug-likeness (QED) is 0.668.